The topological polar surface area (TPSA) is 114 Å². The largest absolute Gasteiger partial charge is 0.452 e. The Labute approximate surface area is 200 Å². The molecule has 1 N–H and O–H groups in total. The molecule has 0 saturated heterocycles. The highest BCUT2D eigenvalue weighted by molar-refractivity contribution is 7.99. The minimum atomic E-state index is -0.669. The molecule has 1 aliphatic rings. The van der Waals surface area contributed by atoms with Gasteiger partial charge in [-0.2, -0.15) is 5.26 Å². The number of amides is 1. The number of rotatable bonds is 6. The number of nitrogens with one attached hydrogen (secondary N) is 1. The van der Waals surface area contributed by atoms with E-state index in [1.807, 2.05) is 12.1 Å². The maximum Gasteiger partial charge on any atom is 0.338 e. The van der Waals surface area contributed by atoms with Gasteiger partial charge in [0.1, 0.15) is 5.82 Å². The van der Waals surface area contributed by atoms with Crippen LogP contribution in [0.4, 0.5) is 5.69 Å². The number of aromatic nitrogens is 2. The van der Waals surface area contributed by atoms with Crippen LogP contribution in [0.5, 0.6) is 0 Å². The first kappa shape index (κ1) is 23.5. The minimum absolute atomic E-state index is 0.0888. The van der Waals surface area contributed by atoms with Gasteiger partial charge in [-0.1, -0.05) is 25.0 Å². The summed E-state index contributed by atoms with van der Waals surface area (Å²) in [5, 5.41) is 11.9. The SMILES string of the molecule is N#CCSc1ccccc1NC(=O)COC(=O)c1ccc2c(=O)n3c(nc2c1)CCCCCC3. The molecule has 3 aromatic rings. The lowest BCUT2D eigenvalue weighted by Crippen LogP contribution is -2.26. The first-order valence-corrected chi connectivity index (χ1v) is 12.1. The second-order valence-electron chi connectivity index (χ2n) is 7.95. The summed E-state index contributed by atoms with van der Waals surface area (Å²) >= 11 is 1.31. The van der Waals surface area contributed by atoms with E-state index in [9.17, 15) is 14.4 Å². The van der Waals surface area contributed by atoms with Crippen LogP contribution in [0.15, 0.2) is 52.2 Å². The van der Waals surface area contributed by atoms with Crippen molar-refractivity contribution in [3.63, 3.8) is 0 Å². The third-order valence-electron chi connectivity index (χ3n) is 5.59. The van der Waals surface area contributed by atoms with Gasteiger partial charge in [0.2, 0.25) is 0 Å². The van der Waals surface area contributed by atoms with Crippen molar-refractivity contribution in [3.8, 4) is 6.07 Å². The van der Waals surface area contributed by atoms with E-state index in [4.69, 9.17) is 10.00 Å². The van der Waals surface area contributed by atoms with Gasteiger partial charge >= 0.3 is 5.97 Å². The molecule has 4 rings (SSSR count). The average molecular weight is 477 g/mol. The zero-order valence-corrected chi connectivity index (χ0v) is 19.4. The van der Waals surface area contributed by atoms with E-state index in [1.165, 1.54) is 17.8 Å². The van der Waals surface area contributed by atoms with Crippen LogP contribution in [0.2, 0.25) is 0 Å². The van der Waals surface area contributed by atoms with Crippen LogP contribution in [0.3, 0.4) is 0 Å². The molecule has 0 bridgehead atoms. The Kier molecular flexibility index (Phi) is 7.60. The first-order valence-electron chi connectivity index (χ1n) is 11.2. The molecule has 1 aromatic heterocycles. The number of carbonyl (C=O) groups is 2. The van der Waals surface area contributed by atoms with Crippen LogP contribution in [-0.2, 0) is 22.5 Å². The summed E-state index contributed by atoms with van der Waals surface area (Å²) in [4.78, 5) is 43.3. The number of aryl methyl sites for hydroxylation is 1. The van der Waals surface area contributed by atoms with Crippen LogP contribution in [-0.4, -0.2) is 33.8 Å². The number of thioether (sulfide) groups is 1. The molecule has 0 saturated carbocycles. The number of anilines is 1. The lowest BCUT2D eigenvalue weighted by atomic mass is 10.1. The quantitative estimate of drug-likeness (QED) is 0.424. The molecule has 2 aromatic carbocycles. The van der Waals surface area contributed by atoms with Crippen molar-refractivity contribution in [1.29, 1.82) is 5.26 Å². The molecule has 0 aliphatic carbocycles. The molecule has 0 atom stereocenters. The van der Waals surface area contributed by atoms with Gasteiger partial charge < -0.3 is 10.1 Å². The molecule has 2 heterocycles. The number of ether oxygens (including phenoxy) is 1. The summed E-state index contributed by atoms with van der Waals surface area (Å²) in [5.74, 6) is -0.158. The number of carbonyl (C=O) groups excluding carboxylic acids is 2. The van der Waals surface area contributed by atoms with Crippen LogP contribution in [0.1, 0.15) is 41.9 Å². The lowest BCUT2D eigenvalue weighted by molar-refractivity contribution is -0.119. The number of benzene rings is 2. The molecule has 8 nitrogen and oxygen atoms in total. The predicted octanol–water partition coefficient (Wildman–Crippen LogP) is 3.92. The molecule has 1 aliphatic heterocycles. The molecule has 0 fully saturated rings. The molecular formula is C25H24N4O4S. The number of hydrogen-bond donors (Lipinski definition) is 1. The maximum absolute atomic E-state index is 12.9. The Bertz CT molecular complexity index is 1330. The van der Waals surface area contributed by atoms with Gasteiger partial charge in [-0.05, 0) is 43.2 Å². The van der Waals surface area contributed by atoms with E-state index >= 15 is 0 Å². The van der Waals surface area contributed by atoms with E-state index in [0.29, 0.717) is 23.1 Å². The van der Waals surface area contributed by atoms with Gasteiger partial charge in [-0.3, -0.25) is 14.2 Å². The van der Waals surface area contributed by atoms with Crippen LogP contribution in [0.25, 0.3) is 10.9 Å². The Hall–Kier alpha value is -3.64. The van der Waals surface area contributed by atoms with Crippen molar-refractivity contribution in [2.45, 2.75) is 43.5 Å². The van der Waals surface area contributed by atoms with Crippen molar-refractivity contribution in [1.82, 2.24) is 9.55 Å². The third kappa shape index (κ3) is 5.46. The predicted molar refractivity (Wildman–Crippen MR) is 130 cm³/mol. The lowest BCUT2D eigenvalue weighted by Gasteiger charge is -2.16. The van der Waals surface area contributed by atoms with Gasteiger partial charge in [0.25, 0.3) is 11.5 Å². The maximum atomic E-state index is 12.9. The first-order chi connectivity index (χ1) is 16.6. The van der Waals surface area contributed by atoms with E-state index in [2.05, 4.69) is 10.3 Å². The van der Waals surface area contributed by atoms with Crippen LogP contribution in [0, 0.1) is 11.3 Å². The number of hydrogen-bond acceptors (Lipinski definition) is 7. The molecule has 174 valence electrons. The fourth-order valence-electron chi connectivity index (χ4n) is 3.93. The summed E-state index contributed by atoms with van der Waals surface area (Å²) in [6.45, 7) is 0.197. The molecule has 0 radical (unpaired) electrons. The number of nitrogens with zero attached hydrogens (tertiary/aromatic N) is 3. The second-order valence-corrected chi connectivity index (χ2v) is 8.97. The second kappa shape index (κ2) is 11.0. The van der Waals surface area contributed by atoms with Crippen molar-refractivity contribution in [3.05, 3.63) is 64.2 Å². The van der Waals surface area contributed by atoms with Crippen molar-refractivity contribution >= 4 is 40.2 Å². The number of esters is 1. The van der Waals surface area contributed by atoms with Crippen molar-refractivity contribution in [2.24, 2.45) is 0 Å². The Balaban J connectivity index is 1.45. The highest BCUT2D eigenvalue weighted by atomic mass is 32.2. The van der Waals surface area contributed by atoms with Crippen LogP contribution >= 0.6 is 11.8 Å². The Morgan fingerprint density at radius 1 is 1.15 bits per heavy atom. The Morgan fingerprint density at radius 2 is 1.97 bits per heavy atom. The van der Waals surface area contributed by atoms with Gasteiger partial charge in [0.15, 0.2) is 6.61 Å². The minimum Gasteiger partial charge on any atom is -0.452 e. The third-order valence-corrected chi connectivity index (χ3v) is 6.53. The molecule has 34 heavy (non-hydrogen) atoms. The van der Waals surface area contributed by atoms with Crippen molar-refractivity contribution < 1.29 is 14.3 Å². The average Bonchev–Trinajstić information content (AvgIpc) is 2.83. The van der Waals surface area contributed by atoms with E-state index in [1.54, 1.807) is 34.9 Å². The summed E-state index contributed by atoms with van der Waals surface area (Å²) in [5.41, 5.74) is 1.15. The zero-order chi connectivity index (χ0) is 23.9. The smallest absolute Gasteiger partial charge is 0.338 e. The number of para-hydroxylation sites is 1. The molecule has 9 heteroatoms. The van der Waals surface area contributed by atoms with Gasteiger partial charge in [-0.25, -0.2) is 9.78 Å². The monoisotopic (exact) mass is 476 g/mol. The molecular weight excluding hydrogens is 452 g/mol. The highest BCUT2D eigenvalue weighted by Crippen LogP contribution is 2.26. The zero-order valence-electron chi connectivity index (χ0n) is 18.6. The fourth-order valence-corrected chi connectivity index (χ4v) is 4.60. The Morgan fingerprint density at radius 3 is 2.82 bits per heavy atom. The standard InChI is InChI=1S/C25H24N4O4S/c26-12-14-34-21-8-5-4-7-19(21)28-23(30)16-33-25(32)17-10-11-18-20(15-17)27-22-9-3-1-2-6-13-29(22)24(18)31/h4-5,7-8,10-11,15H,1-3,6,9,13-14,16H2,(H,28,30). The van der Waals surface area contributed by atoms with Gasteiger partial charge in [0.05, 0.1) is 34.0 Å². The van der Waals surface area contributed by atoms with Gasteiger partial charge in [-0.15, -0.1) is 11.8 Å². The van der Waals surface area contributed by atoms with Crippen LogP contribution < -0.4 is 10.9 Å². The molecule has 0 spiro atoms. The fraction of sp³-hybridized carbons (Fsp3) is 0.320. The highest BCUT2D eigenvalue weighted by Gasteiger charge is 2.16. The number of fused-ring (bicyclic) bond motifs is 2. The van der Waals surface area contributed by atoms with E-state index < -0.39 is 18.5 Å². The van der Waals surface area contributed by atoms with E-state index in [0.717, 1.165) is 42.8 Å². The summed E-state index contributed by atoms with van der Waals surface area (Å²) in [6, 6.07) is 13.8. The molecule has 1 amide bonds. The summed E-state index contributed by atoms with van der Waals surface area (Å²) in [7, 11) is 0. The normalized spacial score (nSPS) is 13.3. The van der Waals surface area contributed by atoms with Crippen molar-refractivity contribution in [2.75, 3.05) is 17.7 Å². The summed E-state index contributed by atoms with van der Waals surface area (Å²) < 4.78 is 6.94. The molecule has 0 unspecified atom stereocenters. The number of nitriles is 1. The van der Waals surface area contributed by atoms with Gasteiger partial charge in [0, 0.05) is 17.9 Å². The van der Waals surface area contributed by atoms with E-state index in [-0.39, 0.29) is 16.9 Å². The summed E-state index contributed by atoms with van der Waals surface area (Å²) in [6.07, 6.45) is 4.88.